The standard InChI is InChI=1S/C20H20O6/c1-9-3-11-13(21)5-17-20(25-8-24-17)19(11)18(10(9)2)12-4-15-16(23-7-22-15)6-14(12)26-20/h4-6,9-11,18-19H,3,7-8H2,1-2H3/t9-,10+,11+,18+,19-,20+/m1/s1. The van der Waals surface area contributed by atoms with Crippen LogP contribution in [0.3, 0.4) is 0 Å². The van der Waals surface area contributed by atoms with Gasteiger partial charge in [0, 0.05) is 35.5 Å². The number of hydrogen-bond donors (Lipinski definition) is 0. The van der Waals surface area contributed by atoms with E-state index in [2.05, 4.69) is 13.8 Å². The van der Waals surface area contributed by atoms with Gasteiger partial charge >= 0.3 is 0 Å². The van der Waals surface area contributed by atoms with Gasteiger partial charge in [0.2, 0.25) is 6.79 Å². The molecule has 1 saturated heterocycles. The molecule has 1 aromatic rings. The first-order valence-electron chi connectivity index (χ1n) is 9.24. The lowest BCUT2D eigenvalue weighted by atomic mass is 9.55. The molecule has 136 valence electrons. The van der Waals surface area contributed by atoms with Crippen LogP contribution in [0.5, 0.6) is 17.2 Å². The third-order valence-corrected chi connectivity index (χ3v) is 6.94. The summed E-state index contributed by atoms with van der Waals surface area (Å²) < 4.78 is 29.3. The van der Waals surface area contributed by atoms with Crippen molar-refractivity contribution in [3.8, 4) is 17.2 Å². The Morgan fingerprint density at radius 2 is 1.85 bits per heavy atom. The maximum atomic E-state index is 12.8. The van der Waals surface area contributed by atoms with E-state index >= 15 is 0 Å². The lowest BCUT2D eigenvalue weighted by molar-refractivity contribution is -0.212. The highest BCUT2D eigenvalue weighted by atomic mass is 16.8. The molecule has 6 heteroatoms. The van der Waals surface area contributed by atoms with Gasteiger partial charge in [0.1, 0.15) is 5.75 Å². The van der Waals surface area contributed by atoms with Crippen LogP contribution in [0.4, 0.5) is 0 Å². The average molecular weight is 356 g/mol. The molecule has 1 saturated carbocycles. The number of allylic oxidation sites excluding steroid dienone is 1. The third kappa shape index (κ3) is 1.64. The van der Waals surface area contributed by atoms with Crippen molar-refractivity contribution >= 4 is 5.78 Å². The Morgan fingerprint density at radius 1 is 1.04 bits per heavy atom. The minimum Gasteiger partial charge on any atom is -0.465 e. The first-order valence-corrected chi connectivity index (χ1v) is 9.24. The highest BCUT2D eigenvalue weighted by molar-refractivity contribution is 5.94. The van der Waals surface area contributed by atoms with E-state index in [4.69, 9.17) is 23.7 Å². The van der Waals surface area contributed by atoms with Crippen molar-refractivity contribution in [2.24, 2.45) is 23.7 Å². The molecule has 0 N–H and O–H groups in total. The largest absolute Gasteiger partial charge is 0.465 e. The fourth-order valence-corrected chi connectivity index (χ4v) is 5.55. The van der Waals surface area contributed by atoms with Gasteiger partial charge in [0.05, 0.1) is 0 Å². The SMILES string of the molecule is C[C@@H]1[C@H]2c3cc4c(cc3O[C@@]35OCOC3=CC(=O)[C@H](C[C@H]1C)[C@H]25)OCO4. The Hall–Kier alpha value is -2.21. The maximum absolute atomic E-state index is 12.8. The van der Waals surface area contributed by atoms with Crippen molar-refractivity contribution in [1.29, 1.82) is 0 Å². The summed E-state index contributed by atoms with van der Waals surface area (Å²) in [5, 5.41) is 0. The van der Waals surface area contributed by atoms with E-state index < -0.39 is 5.79 Å². The Bertz CT molecular complexity index is 860. The predicted octanol–water partition coefficient (Wildman–Crippen LogP) is 2.97. The zero-order chi connectivity index (χ0) is 17.6. The van der Waals surface area contributed by atoms with Gasteiger partial charge in [-0.3, -0.25) is 9.53 Å². The van der Waals surface area contributed by atoms with E-state index in [9.17, 15) is 4.79 Å². The number of carbonyl (C=O) groups is 1. The second-order valence-electron chi connectivity index (χ2n) is 8.06. The number of ketones is 1. The highest BCUT2D eigenvalue weighted by Crippen LogP contribution is 2.63. The number of benzene rings is 1. The molecule has 3 aliphatic heterocycles. The average Bonchev–Trinajstić information content (AvgIpc) is 3.23. The molecule has 3 heterocycles. The van der Waals surface area contributed by atoms with E-state index in [0.717, 1.165) is 23.5 Å². The molecule has 6 rings (SSSR count). The fraction of sp³-hybridized carbons (Fsp3) is 0.550. The molecule has 0 radical (unpaired) electrons. The number of rotatable bonds is 0. The topological polar surface area (TPSA) is 63.2 Å². The predicted molar refractivity (Wildman–Crippen MR) is 88.7 cm³/mol. The van der Waals surface area contributed by atoms with E-state index in [1.807, 2.05) is 12.1 Å². The minimum absolute atomic E-state index is 0.0865. The van der Waals surface area contributed by atoms with Gasteiger partial charge in [-0.05, 0) is 24.3 Å². The van der Waals surface area contributed by atoms with Crippen LogP contribution in [0.2, 0.25) is 0 Å². The van der Waals surface area contributed by atoms with E-state index in [1.165, 1.54) is 0 Å². The lowest BCUT2D eigenvalue weighted by Crippen LogP contribution is -2.60. The van der Waals surface area contributed by atoms with E-state index in [1.54, 1.807) is 6.08 Å². The molecule has 6 nitrogen and oxygen atoms in total. The van der Waals surface area contributed by atoms with Gasteiger partial charge in [0.15, 0.2) is 29.8 Å². The maximum Gasteiger partial charge on any atom is 0.276 e. The summed E-state index contributed by atoms with van der Waals surface area (Å²) in [5.74, 6) is 2.54. The van der Waals surface area contributed by atoms with Crippen LogP contribution in [0.25, 0.3) is 0 Å². The molecule has 0 bridgehead atoms. The van der Waals surface area contributed by atoms with Gasteiger partial charge < -0.3 is 18.9 Å². The molecular weight excluding hydrogens is 336 g/mol. The van der Waals surface area contributed by atoms with Crippen LogP contribution in [0.1, 0.15) is 31.7 Å². The van der Waals surface area contributed by atoms with Crippen LogP contribution in [0, 0.1) is 23.7 Å². The Morgan fingerprint density at radius 3 is 2.69 bits per heavy atom. The number of ether oxygens (including phenoxy) is 5. The van der Waals surface area contributed by atoms with Crippen molar-refractivity contribution in [3.63, 3.8) is 0 Å². The van der Waals surface area contributed by atoms with Crippen LogP contribution in [-0.2, 0) is 14.3 Å². The van der Waals surface area contributed by atoms with Gasteiger partial charge in [0.25, 0.3) is 5.79 Å². The van der Waals surface area contributed by atoms with Crippen molar-refractivity contribution in [2.75, 3.05) is 13.6 Å². The molecule has 26 heavy (non-hydrogen) atoms. The van der Waals surface area contributed by atoms with Crippen LogP contribution in [-0.4, -0.2) is 25.2 Å². The quantitative estimate of drug-likeness (QED) is 0.712. The zero-order valence-electron chi connectivity index (χ0n) is 14.7. The molecule has 1 aromatic carbocycles. The molecule has 1 spiro atoms. The van der Waals surface area contributed by atoms with Crippen molar-refractivity contribution in [3.05, 3.63) is 29.5 Å². The molecular formula is C20H20O6. The summed E-state index contributed by atoms with van der Waals surface area (Å²) in [6.45, 7) is 4.82. The summed E-state index contributed by atoms with van der Waals surface area (Å²) in [6.07, 6.45) is 2.44. The minimum atomic E-state index is -1.00. The van der Waals surface area contributed by atoms with Crippen molar-refractivity contribution in [2.45, 2.75) is 32.0 Å². The first kappa shape index (κ1) is 14.9. The molecule has 0 amide bonds. The van der Waals surface area contributed by atoms with Crippen LogP contribution in [0.15, 0.2) is 24.0 Å². The number of carbonyl (C=O) groups excluding carboxylic acids is 1. The molecule has 0 unspecified atom stereocenters. The molecule has 2 fully saturated rings. The number of fused-ring (bicyclic) bond motifs is 3. The summed E-state index contributed by atoms with van der Waals surface area (Å²) in [7, 11) is 0. The monoisotopic (exact) mass is 356 g/mol. The van der Waals surface area contributed by atoms with Crippen molar-refractivity contribution < 1.29 is 28.5 Å². The number of hydrogen-bond acceptors (Lipinski definition) is 6. The second kappa shape index (κ2) is 4.74. The normalized spacial score (nSPS) is 41.4. The molecule has 6 atom stereocenters. The zero-order valence-corrected chi connectivity index (χ0v) is 14.7. The molecule has 0 aromatic heterocycles. The molecule has 2 aliphatic carbocycles. The lowest BCUT2D eigenvalue weighted by Gasteiger charge is -2.54. The van der Waals surface area contributed by atoms with E-state index in [-0.39, 0.29) is 37.1 Å². The highest BCUT2D eigenvalue weighted by Gasteiger charge is 2.66. The summed E-state index contributed by atoms with van der Waals surface area (Å²) in [4.78, 5) is 12.8. The van der Waals surface area contributed by atoms with Crippen molar-refractivity contribution in [1.82, 2.24) is 0 Å². The van der Waals surface area contributed by atoms with Crippen LogP contribution < -0.4 is 14.2 Å². The van der Waals surface area contributed by atoms with Gasteiger partial charge in [-0.25, -0.2) is 0 Å². The fourth-order valence-electron chi connectivity index (χ4n) is 5.55. The smallest absolute Gasteiger partial charge is 0.276 e. The Balaban J connectivity index is 1.61. The Kier molecular flexibility index (Phi) is 2.72. The van der Waals surface area contributed by atoms with E-state index in [0.29, 0.717) is 23.3 Å². The van der Waals surface area contributed by atoms with Crippen LogP contribution >= 0.6 is 0 Å². The third-order valence-electron chi connectivity index (χ3n) is 6.94. The summed E-state index contributed by atoms with van der Waals surface area (Å²) >= 11 is 0. The van der Waals surface area contributed by atoms with Gasteiger partial charge in [-0.2, -0.15) is 0 Å². The van der Waals surface area contributed by atoms with Gasteiger partial charge in [-0.15, -0.1) is 0 Å². The molecule has 5 aliphatic rings. The van der Waals surface area contributed by atoms with Gasteiger partial charge in [-0.1, -0.05) is 13.8 Å². The Labute approximate surface area is 151 Å². The summed E-state index contributed by atoms with van der Waals surface area (Å²) in [5.41, 5.74) is 1.08. The summed E-state index contributed by atoms with van der Waals surface area (Å²) in [6, 6.07) is 3.92. The first-order chi connectivity index (χ1) is 12.6. The second-order valence-corrected chi connectivity index (χ2v) is 8.06.